The fourth-order valence-corrected chi connectivity index (χ4v) is 3.12. The molecule has 4 aromatic rings. The zero-order valence-corrected chi connectivity index (χ0v) is 12.5. The van der Waals surface area contributed by atoms with Gasteiger partial charge in [-0.1, -0.05) is 18.2 Å². The number of fused-ring (bicyclic) bond motifs is 4. The number of rotatable bonds is 1. The minimum absolute atomic E-state index is 0.265. The van der Waals surface area contributed by atoms with E-state index in [9.17, 15) is 0 Å². The molecule has 5 heteroatoms. The molecule has 5 nitrogen and oxygen atoms in total. The maximum atomic E-state index is 5.48. The van der Waals surface area contributed by atoms with Crippen molar-refractivity contribution < 1.29 is 9.47 Å². The predicted molar refractivity (Wildman–Crippen MR) is 86.8 cm³/mol. The second-order valence-corrected chi connectivity index (χ2v) is 5.63. The van der Waals surface area contributed by atoms with Gasteiger partial charge in [0.1, 0.15) is 0 Å². The van der Waals surface area contributed by atoms with Crippen LogP contribution in [-0.4, -0.2) is 21.4 Å². The van der Waals surface area contributed by atoms with E-state index in [2.05, 4.69) is 39.7 Å². The highest BCUT2D eigenvalue weighted by Crippen LogP contribution is 2.36. The number of aryl methyl sites for hydroxylation is 1. The molecule has 0 aliphatic carbocycles. The number of para-hydroxylation sites is 1. The first-order valence-electron chi connectivity index (χ1n) is 7.45. The SMILES string of the molecule is Cc1cc2nnc(-c3ccc4c(c3)OCO4)n2c2ccccc12. The molecule has 5 rings (SSSR count). The second-order valence-electron chi connectivity index (χ2n) is 5.63. The smallest absolute Gasteiger partial charge is 0.231 e. The molecule has 1 aliphatic heterocycles. The lowest BCUT2D eigenvalue weighted by molar-refractivity contribution is 0.174. The Balaban J connectivity index is 1.84. The van der Waals surface area contributed by atoms with Crippen LogP contribution in [0, 0.1) is 6.92 Å². The van der Waals surface area contributed by atoms with Gasteiger partial charge in [0.25, 0.3) is 0 Å². The molecule has 0 saturated carbocycles. The first kappa shape index (κ1) is 12.5. The van der Waals surface area contributed by atoms with Crippen LogP contribution in [0.3, 0.4) is 0 Å². The Hall–Kier alpha value is -3.08. The molecule has 0 bridgehead atoms. The van der Waals surface area contributed by atoms with Crippen LogP contribution in [0.5, 0.6) is 11.5 Å². The molecule has 2 aromatic heterocycles. The summed E-state index contributed by atoms with van der Waals surface area (Å²) in [4.78, 5) is 0. The standard InChI is InChI=1S/C18H13N3O2/c1-11-8-17-19-20-18(21(17)14-5-3-2-4-13(11)14)12-6-7-15-16(9-12)23-10-22-15/h2-9H,10H2,1H3. The summed E-state index contributed by atoms with van der Waals surface area (Å²) >= 11 is 0. The summed E-state index contributed by atoms with van der Waals surface area (Å²) in [5.74, 6) is 2.31. The van der Waals surface area contributed by atoms with Crippen LogP contribution in [0.1, 0.15) is 5.56 Å². The predicted octanol–water partition coefficient (Wildman–Crippen LogP) is 3.59. The first-order chi connectivity index (χ1) is 11.3. The van der Waals surface area contributed by atoms with Crippen molar-refractivity contribution in [2.24, 2.45) is 0 Å². The van der Waals surface area contributed by atoms with Gasteiger partial charge in [0.05, 0.1) is 5.52 Å². The van der Waals surface area contributed by atoms with E-state index in [1.165, 1.54) is 10.9 Å². The van der Waals surface area contributed by atoms with Gasteiger partial charge in [0, 0.05) is 10.9 Å². The van der Waals surface area contributed by atoms with Crippen molar-refractivity contribution >= 4 is 16.6 Å². The third kappa shape index (κ3) is 1.73. The van der Waals surface area contributed by atoms with Crippen molar-refractivity contribution in [3.05, 3.63) is 54.1 Å². The normalized spacial score (nSPS) is 13.1. The van der Waals surface area contributed by atoms with Gasteiger partial charge in [-0.25, -0.2) is 0 Å². The Labute approximate surface area is 132 Å². The molecule has 23 heavy (non-hydrogen) atoms. The van der Waals surface area contributed by atoms with Gasteiger partial charge in [-0.05, 0) is 42.8 Å². The average molecular weight is 303 g/mol. The number of benzene rings is 2. The average Bonchev–Trinajstić information content (AvgIpc) is 3.20. The molecule has 0 N–H and O–H groups in total. The molecule has 0 spiro atoms. The van der Waals surface area contributed by atoms with Crippen LogP contribution in [-0.2, 0) is 0 Å². The molecule has 0 fully saturated rings. The van der Waals surface area contributed by atoms with E-state index in [0.717, 1.165) is 34.1 Å². The fourth-order valence-electron chi connectivity index (χ4n) is 3.12. The van der Waals surface area contributed by atoms with Crippen LogP contribution in [0.4, 0.5) is 0 Å². The summed E-state index contributed by atoms with van der Waals surface area (Å²) in [5, 5.41) is 9.94. The Morgan fingerprint density at radius 2 is 1.83 bits per heavy atom. The summed E-state index contributed by atoms with van der Waals surface area (Å²) in [6.45, 7) is 2.36. The summed E-state index contributed by atoms with van der Waals surface area (Å²) in [5.41, 5.74) is 4.09. The van der Waals surface area contributed by atoms with Gasteiger partial charge in [-0.2, -0.15) is 0 Å². The second kappa shape index (κ2) is 4.46. The molecule has 0 saturated heterocycles. The van der Waals surface area contributed by atoms with Crippen molar-refractivity contribution in [2.75, 3.05) is 6.79 Å². The molecule has 0 amide bonds. The van der Waals surface area contributed by atoms with Gasteiger partial charge < -0.3 is 9.47 Å². The minimum Gasteiger partial charge on any atom is -0.454 e. The zero-order chi connectivity index (χ0) is 15.4. The number of pyridine rings is 1. The van der Waals surface area contributed by atoms with Crippen LogP contribution in [0.25, 0.3) is 27.9 Å². The molecule has 0 unspecified atom stereocenters. The molecule has 0 atom stereocenters. The lowest BCUT2D eigenvalue weighted by Crippen LogP contribution is -1.94. The van der Waals surface area contributed by atoms with Gasteiger partial charge in [-0.3, -0.25) is 4.40 Å². The number of hydrogen-bond donors (Lipinski definition) is 0. The molecule has 2 aromatic carbocycles. The highest BCUT2D eigenvalue weighted by atomic mass is 16.7. The third-order valence-corrected chi connectivity index (χ3v) is 4.23. The summed E-state index contributed by atoms with van der Waals surface area (Å²) < 4.78 is 12.9. The monoisotopic (exact) mass is 303 g/mol. The number of nitrogens with zero attached hydrogens (tertiary/aromatic N) is 3. The molecule has 3 heterocycles. The summed E-state index contributed by atoms with van der Waals surface area (Å²) in [7, 11) is 0. The maximum absolute atomic E-state index is 5.48. The Morgan fingerprint density at radius 1 is 0.957 bits per heavy atom. The van der Waals surface area contributed by atoms with E-state index in [4.69, 9.17) is 9.47 Å². The van der Waals surface area contributed by atoms with Crippen LogP contribution in [0.15, 0.2) is 48.5 Å². The van der Waals surface area contributed by atoms with E-state index < -0.39 is 0 Å². The number of aromatic nitrogens is 3. The lowest BCUT2D eigenvalue weighted by Gasteiger charge is -2.08. The minimum atomic E-state index is 0.265. The van der Waals surface area contributed by atoms with Crippen molar-refractivity contribution in [3.8, 4) is 22.9 Å². The first-order valence-corrected chi connectivity index (χ1v) is 7.45. The molecule has 1 aliphatic rings. The highest BCUT2D eigenvalue weighted by Gasteiger charge is 2.17. The van der Waals surface area contributed by atoms with E-state index in [-0.39, 0.29) is 6.79 Å². The van der Waals surface area contributed by atoms with E-state index in [0.29, 0.717) is 0 Å². The summed E-state index contributed by atoms with van der Waals surface area (Å²) in [6, 6.07) is 16.2. The molecular formula is C18H13N3O2. The van der Waals surface area contributed by atoms with E-state index >= 15 is 0 Å². The van der Waals surface area contributed by atoms with Gasteiger partial charge in [0.2, 0.25) is 6.79 Å². The van der Waals surface area contributed by atoms with Crippen molar-refractivity contribution in [1.82, 2.24) is 14.6 Å². The third-order valence-electron chi connectivity index (χ3n) is 4.23. The highest BCUT2D eigenvalue weighted by molar-refractivity contribution is 5.87. The molecule has 112 valence electrons. The maximum Gasteiger partial charge on any atom is 0.231 e. The van der Waals surface area contributed by atoms with E-state index in [1.807, 2.05) is 30.3 Å². The van der Waals surface area contributed by atoms with Crippen LogP contribution in [0.2, 0.25) is 0 Å². The van der Waals surface area contributed by atoms with Crippen molar-refractivity contribution in [2.45, 2.75) is 6.92 Å². The van der Waals surface area contributed by atoms with Crippen molar-refractivity contribution in [1.29, 1.82) is 0 Å². The molecular weight excluding hydrogens is 290 g/mol. The topological polar surface area (TPSA) is 48.7 Å². The van der Waals surface area contributed by atoms with Gasteiger partial charge >= 0.3 is 0 Å². The number of ether oxygens (including phenoxy) is 2. The van der Waals surface area contributed by atoms with Crippen molar-refractivity contribution in [3.63, 3.8) is 0 Å². The lowest BCUT2D eigenvalue weighted by atomic mass is 10.1. The zero-order valence-electron chi connectivity index (χ0n) is 12.5. The van der Waals surface area contributed by atoms with Gasteiger partial charge in [0.15, 0.2) is 23.0 Å². The van der Waals surface area contributed by atoms with Crippen LogP contribution >= 0.6 is 0 Å². The summed E-state index contributed by atoms with van der Waals surface area (Å²) in [6.07, 6.45) is 0. The molecule has 0 radical (unpaired) electrons. The Morgan fingerprint density at radius 3 is 2.78 bits per heavy atom. The van der Waals surface area contributed by atoms with Crippen LogP contribution < -0.4 is 9.47 Å². The Kier molecular flexibility index (Phi) is 2.42. The largest absolute Gasteiger partial charge is 0.454 e. The van der Waals surface area contributed by atoms with Gasteiger partial charge in [-0.15, -0.1) is 10.2 Å². The van der Waals surface area contributed by atoms with E-state index in [1.54, 1.807) is 0 Å². The Bertz CT molecular complexity index is 1070. The quantitative estimate of drug-likeness (QED) is 0.539. The number of hydrogen-bond acceptors (Lipinski definition) is 4. The fraction of sp³-hybridized carbons (Fsp3) is 0.111.